The Labute approximate surface area is 98.6 Å². The first-order valence-electron chi connectivity index (χ1n) is 4.53. The third kappa shape index (κ3) is 2.82. The first-order chi connectivity index (χ1) is 8.27. The number of carbonyl (C=O) groups is 1. The molecule has 0 atom stereocenters. The number of Topliss-reactive ketones (excluding diaryl/α,β-unsaturated/α-hetero) is 1. The Bertz CT molecular complexity index is 546. The van der Waals surface area contributed by atoms with Gasteiger partial charge in [-0.15, -0.1) is 0 Å². The largest absolute Gasteiger partial charge is 0.416 e. The van der Waals surface area contributed by atoms with Crippen molar-refractivity contribution < 1.29 is 22.9 Å². The quantitative estimate of drug-likeness (QED) is 0.474. The van der Waals surface area contributed by atoms with Gasteiger partial charge in [-0.05, 0) is 12.1 Å². The van der Waals surface area contributed by atoms with E-state index in [1.807, 2.05) is 0 Å². The fraction of sp³-hybridized carbons (Fsp3) is 0.200. The molecular weight excluding hydrogens is 253 g/mol. The van der Waals surface area contributed by atoms with Crippen molar-refractivity contribution in [3.05, 3.63) is 39.4 Å². The van der Waals surface area contributed by atoms with Crippen LogP contribution in [0.4, 0.5) is 18.9 Å². The number of hydrogen-bond acceptors (Lipinski definition) is 4. The summed E-state index contributed by atoms with van der Waals surface area (Å²) in [6.45, 7) is 0. The molecule has 8 heteroatoms. The Kier molecular flexibility index (Phi) is 3.66. The second-order valence-electron chi connectivity index (χ2n) is 3.24. The summed E-state index contributed by atoms with van der Waals surface area (Å²) in [4.78, 5) is 20.9. The molecule has 0 bridgehead atoms. The molecular formula is C10H5F3N2O3. The number of alkyl halides is 3. The second-order valence-corrected chi connectivity index (χ2v) is 3.24. The average molecular weight is 258 g/mol. The third-order valence-electron chi connectivity index (χ3n) is 2.06. The zero-order valence-electron chi connectivity index (χ0n) is 8.69. The van der Waals surface area contributed by atoms with Gasteiger partial charge in [0, 0.05) is 6.07 Å². The van der Waals surface area contributed by atoms with Crippen LogP contribution < -0.4 is 0 Å². The summed E-state index contributed by atoms with van der Waals surface area (Å²) in [5.41, 5.74) is -2.68. The molecule has 0 heterocycles. The monoisotopic (exact) mass is 258 g/mol. The van der Waals surface area contributed by atoms with Gasteiger partial charge in [-0.25, -0.2) is 0 Å². The highest BCUT2D eigenvalue weighted by Gasteiger charge is 2.33. The van der Waals surface area contributed by atoms with E-state index < -0.39 is 40.1 Å². The van der Waals surface area contributed by atoms with E-state index in [0.717, 1.165) is 0 Å². The number of nitro groups is 1. The van der Waals surface area contributed by atoms with E-state index in [0.29, 0.717) is 12.1 Å². The number of nitrogens with zero attached hydrogens (tertiary/aromatic N) is 2. The lowest BCUT2D eigenvalue weighted by atomic mass is 10.0. The first kappa shape index (κ1) is 13.6. The van der Waals surface area contributed by atoms with Crippen LogP contribution >= 0.6 is 0 Å². The molecule has 1 rings (SSSR count). The summed E-state index contributed by atoms with van der Waals surface area (Å²) < 4.78 is 37.1. The van der Waals surface area contributed by atoms with E-state index >= 15 is 0 Å². The molecule has 0 fully saturated rings. The van der Waals surface area contributed by atoms with E-state index in [9.17, 15) is 28.1 Å². The number of nitro benzene ring substituents is 1. The van der Waals surface area contributed by atoms with Crippen molar-refractivity contribution in [3.63, 3.8) is 0 Å². The minimum absolute atomic E-state index is 0.282. The number of halogens is 3. The van der Waals surface area contributed by atoms with Crippen molar-refractivity contribution in [1.29, 1.82) is 5.26 Å². The zero-order valence-corrected chi connectivity index (χ0v) is 8.69. The van der Waals surface area contributed by atoms with E-state index in [1.54, 1.807) is 0 Å². The zero-order chi connectivity index (χ0) is 13.9. The van der Waals surface area contributed by atoms with E-state index in [-0.39, 0.29) is 6.07 Å². The van der Waals surface area contributed by atoms with Gasteiger partial charge in [0.1, 0.15) is 0 Å². The van der Waals surface area contributed by atoms with Crippen molar-refractivity contribution in [3.8, 4) is 6.07 Å². The number of hydrogen-bond donors (Lipinski definition) is 0. The van der Waals surface area contributed by atoms with Crippen LogP contribution in [0.5, 0.6) is 0 Å². The number of ketones is 1. The standard InChI is InChI=1S/C10H5F3N2O3/c11-10(12,13)6-1-2-7(9(16)3-4-14)8(5-6)15(17)18/h1-2,5H,3H2. The Balaban J connectivity index is 3.35. The summed E-state index contributed by atoms with van der Waals surface area (Å²) in [6.07, 6.45) is -5.37. The summed E-state index contributed by atoms with van der Waals surface area (Å²) >= 11 is 0. The van der Waals surface area contributed by atoms with Gasteiger partial charge in [-0.2, -0.15) is 18.4 Å². The van der Waals surface area contributed by atoms with Crippen LogP contribution in [0.25, 0.3) is 0 Å². The summed E-state index contributed by atoms with van der Waals surface area (Å²) in [7, 11) is 0. The fourth-order valence-electron chi connectivity index (χ4n) is 1.26. The Morgan fingerprint density at radius 1 is 1.44 bits per heavy atom. The van der Waals surface area contributed by atoms with Crippen LogP contribution in [0, 0.1) is 21.4 Å². The highest BCUT2D eigenvalue weighted by molar-refractivity contribution is 6.01. The lowest BCUT2D eigenvalue weighted by Gasteiger charge is -2.07. The van der Waals surface area contributed by atoms with Gasteiger partial charge >= 0.3 is 6.18 Å². The Hall–Kier alpha value is -2.43. The van der Waals surface area contributed by atoms with Crippen molar-refractivity contribution in [1.82, 2.24) is 0 Å². The molecule has 0 aliphatic rings. The van der Waals surface area contributed by atoms with Crippen LogP contribution in [0.3, 0.4) is 0 Å². The summed E-state index contributed by atoms with van der Waals surface area (Å²) in [6, 6.07) is 3.04. The first-order valence-corrected chi connectivity index (χ1v) is 4.53. The van der Waals surface area contributed by atoms with Crippen molar-refractivity contribution >= 4 is 11.5 Å². The fourth-order valence-corrected chi connectivity index (χ4v) is 1.26. The minimum Gasteiger partial charge on any atom is -0.293 e. The van der Waals surface area contributed by atoms with E-state index in [2.05, 4.69) is 0 Å². The predicted molar refractivity (Wildman–Crippen MR) is 52.7 cm³/mol. The van der Waals surface area contributed by atoms with E-state index in [1.165, 1.54) is 6.07 Å². The van der Waals surface area contributed by atoms with Gasteiger partial charge in [0.15, 0.2) is 5.78 Å². The predicted octanol–water partition coefficient (Wildman–Crippen LogP) is 2.71. The molecule has 1 aromatic carbocycles. The molecule has 0 amide bonds. The molecule has 0 aliphatic carbocycles. The Morgan fingerprint density at radius 3 is 2.50 bits per heavy atom. The highest BCUT2D eigenvalue weighted by Crippen LogP contribution is 2.33. The molecule has 0 unspecified atom stereocenters. The molecule has 18 heavy (non-hydrogen) atoms. The lowest BCUT2D eigenvalue weighted by Crippen LogP contribution is -2.09. The molecule has 94 valence electrons. The molecule has 0 saturated carbocycles. The normalized spacial score (nSPS) is 10.8. The maximum Gasteiger partial charge on any atom is 0.416 e. The number of rotatable bonds is 3. The van der Waals surface area contributed by atoms with Gasteiger partial charge in [-0.3, -0.25) is 14.9 Å². The topological polar surface area (TPSA) is 84.0 Å². The summed E-state index contributed by atoms with van der Waals surface area (Å²) in [5.74, 6) is -0.891. The molecule has 0 saturated heterocycles. The Morgan fingerprint density at radius 2 is 2.06 bits per heavy atom. The molecule has 0 spiro atoms. The van der Waals surface area contributed by atoms with E-state index in [4.69, 9.17) is 5.26 Å². The smallest absolute Gasteiger partial charge is 0.293 e. The molecule has 0 N–H and O–H groups in total. The number of nitriles is 1. The van der Waals surface area contributed by atoms with Crippen LogP contribution in [0.1, 0.15) is 22.3 Å². The van der Waals surface area contributed by atoms with Gasteiger partial charge in [-0.1, -0.05) is 0 Å². The minimum atomic E-state index is -4.73. The van der Waals surface area contributed by atoms with Crippen molar-refractivity contribution in [2.24, 2.45) is 0 Å². The lowest BCUT2D eigenvalue weighted by molar-refractivity contribution is -0.385. The maximum atomic E-state index is 12.4. The molecule has 0 aliphatic heterocycles. The molecule has 0 aromatic heterocycles. The number of carbonyl (C=O) groups excluding carboxylic acids is 1. The third-order valence-corrected chi connectivity index (χ3v) is 2.06. The second kappa shape index (κ2) is 4.83. The molecule has 0 radical (unpaired) electrons. The molecule has 5 nitrogen and oxygen atoms in total. The van der Waals surface area contributed by atoms with Gasteiger partial charge < -0.3 is 0 Å². The van der Waals surface area contributed by atoms with Crippen molar-refractivity contribution in [2.75, 3.05) is 0 Å². The maximum absolute atomic E-state index is 12.4. The van der Waals surface area contributed by atoms with Gasteiger partial charge in [0.05, 0.1) is 28.5 Å². The number of benzene rings is 1. The van der Waals surface area contributed by atoms with Crippen LogP contribution in [0.2, 0.25) is 0 Å². The van der Waals surface area contributed by atoms with Crippen molar-refractivity contribution in [2.45, 2.75) is 12.6 Å². The molecule has 1 aromatic rings. The van der Waals surface area contributed by atoms with Crippen LogP contribution in [-0.2, 0) is 6.18 Å². The average Bonchev–Trinajstić information content (AvgIpc) is 2.27. The summed E-state index contributed by atoms with van der Waals surface area (Å²) in [5, 5.41) is 18.9. The van der Waals surface area contributed by atoms with Crippen LogP contribution in [0.15, 0.2) is 18.2 Å². The SMILES string of the molecule is N#CCC(=O)c1ccc(C(F)(F)F)cc1[N+](=O)[O-]. The highest BCUT2D eigenvalue weighted by atomic mass is 19.4. The van der Waals surface area contributed by atoms with Gasteiger partial charge in [0.2, 0.25) is 0 Å². The van der Waals surface area contributed by atoms with Gasteiger partial charge in [0.25, 0.3) is 5.69 Å². The van der Waals surface area contributed by atoms with Crippen LogP contribution in [-0.4, -0.2) is 10.7 Å².